The number of H-pyrrole nitrogens is 1. The molecule has 0 amide bonds. The van der Waals surface area contributed by atoms with Gasteiger partial charge in [0.15, 0.2) is 0 Å². The molecule has 1 N–H and O–H groups in total. The largest absolute Gasteiger partial charge is 0.399 e. The van der Waals surface area contributed by atoms with Crippen LogP contribution < -0.4 is 0 Å². The summed E-state index contributed by atoms with van der Waals surface area (Å²) in [5, 5.41) is 12.6. The second-order valence-corrected chi connectivity index (χ2v) is 2.69. The van der Waals surface area contributed by atoms with Gasteiger partial charge in [0.25, 0.3) is 0 Å². The van der Waals surface area contributed by atoms with Crippen LogP contribution in [0.25, 0.3) is 0 Å². The number of nitriles is 1. The van der Waals surface area contributed by atoms with Crippen molar-refractivity contribution in [3.63, 3.8) is 0 Å². The molecule has 0 saturated carbocycles. The zero-order valence-electron chi connectivity index (χ0n) is 7.88. The molecule has 1 rings (SSSR count). The lowest BCUT2D eigenvalue weighted by atomic mass is 10.1. The van der Waals surface area contributed by atoms with Gasteiger partial charge in [0.1, 0.15) is 18.9 Å². The van der Waals surface area contributed by atoms with Crippen molar-refractivity contribution in [2.75, 3.05) is 7.11 Å². The van der Waals surface area contributed by atoms with Crippen molar-refractivity contribution < 1.29 is 4.84 Å². The van der Waals surface area contributed by atoms with Crippen LogP contribution in [0, 0.1) is 18.3 Å². The Balaban J connectivity index is 3.20. The van der Waals surface area contributed by atoms with Gasteiger partial charge in [-0.15, -0.1) is 0 Å². The molecule has 0 radical (unpaired) electrons. The molecule has 68 valence electrons. The van der Waals surface area contributed by atoms with Gasteiger partial charge in [-0.25, -0.2) is 0 Å². The van der Waals surface area contributed by atoms with Crippen LogP contribution in [0.3, 0.4) is 0 Å². The van der Waals surface area contributed by atoms with Gasteiger partial charge in [0.05, 0.1) is 5.71 Å². The number of aryl methyl sites for hydroxylation is 1. The molecule has 1 aromatic heterocycles. The van der Waals surface area contributed by atoms with Gasteiger partial charge in [0.2, 0.25) is 0 Å². The van der Waals surface area contributed by atoms with E-state index in [1.807, 2.05) is 6.92 Å². The fourth-order valence-electron chi connectivity index (χ4n) is 1.26. The number of oxime groups is 1. The second-order valence-electron chi connectivity index (χ2n) is 2.69. The molecule has 0 unspecified atom stereocenters. The predicted octanol–water partition coefficient (Wildman–Crippen LogP) is 1.57. The third kappa shape index (κ3) is 1.70. The average Bonchev–Trinajstić information content (AvgIpc) is 2.47. The molecule has 1 heterocycles. The van der Waals surface area contributed by atoms with Gasteiger partial charge in [-0.1, -0.05) is 5.16 Å². The van der Waals surface area contributed by atoms with Crippen LogP contribution in [-0.4, -0.2) is 17.8 Å². The third-order valence-electron chi connectivity index (χ3n) is 1.78. The summed E-state index contributed by atoms with van der Waals surface area (Å²) in [6, 6.07) is 2.06. The first-order valence-electron chi connectivity index (χ1n) is 3.87. The average molecular weight is 177 g/mol. The third-order valence-corrected chi connectivity index (χ3v) is 1.78. The Bertz CT molecular complexity index is 371. The summed E-state index contributed by atoms with van der Waals surface area (Å²) in [6.45, 7) is 3.72. The van der Waals surface area contributed by atoms with E-state index < -0.39 is 0 Å². The van der Waals surface area contributed by atoms with E-state index in [1.54, 1.807) is 13.1 Å². The monoisotopic (exact) mass is 177 g/mol. The molecule has 0 bridgehead atoms. The highest BCUT2D eigenvalue weighted by Crippen LogP contribution is 2.13. The molecule has 0 aromatic carbocycles. The Morgan fingerprint density at radius 1 is 1.69 bits per heavy atom. The van der Waals surface area contributed by atoms with Gasteiger partial charge < -0.3 is 9.82 Å². The first-order valence-corrected chi connectivity index (χ1v) is 3.87. The van der Waals surface area contributed by atoms with Crippen molar-refractivity contribution in [2.45, 2.75) is 13.8 Å². The minimum atomic E-state index is 0.524. The highest BCUT2D eigenvalue weighted by Gasteiger charge is 2.10. The van der Waals surface area contributed by atoms with Crippen LogP contribution >= 0.6 is 0 Å². The van der Waals surface area contributed by atoms with Crippen LogP contribution in [0.2, 0.25) is 0 Å². The van der Waals surface area contributed by atoms with Crippen molar-refractivity contribution in [1.29, 1.82) is 5.26 Å². The van der Waals surface area contributed by atoms with Crippen molar-refractivity contribution in [1.82, 2.24) is 4.98 Å². The van der Waals surface area contributed by atoms with E-state index >= 15 is 0 Å². The van der Waals surface area contributed by atoms with E-state index in [2.05, 4.69) is 21.0 Å². The quantitative estimate of drug-likeness (QED) is 0.550. The molecule has 0 spiro atoms. The van der Waals surface area contributed by atoms with E-state index in [-0.39, 0.29) is 0 Å². The standard InChI is InChI=1S/C9H11N3O/c1-6-5-11-8(4-10)9(6)7(2)12-13-3/h5,11H,1-3H3. The Kier molecular flexibility index (Phi) is 2.70. The molecular weight excluding hydrogens is 166 g/mol. The van der Waals surface area contributed by atoms with E-state index in [0.717, 1.165) is 11.1 Å². The number of nitrogens with one attached hydrogen (secondary N) is 1. The van der Waals surface area contributed by atoms with Gasteiger partial charge >= 0.3 is 0 Å². The molecule has 0 aliphatic rings. The van der Waals surface area contributed by atoms with E-state index in [9.17, 15) is 0 Å². The van der Waals surface area contributed by atoms with E-state index in [4.69, 9.17) is 5.26 Å². The predicted molar refractivity (Wildman–Crippen MR) is 49.5 cm³/mol. The Morgan fingerprint density at radius 2 is 2.38 bits per heavy atom. The first-order chi connectivity index (χ1) is 6.20. The maximum atomic E-state index is 8.77. The molecule has 13 heavy (non-hydrogen) atoms. The topological polar surface area (TPSA) is 61.2 Å². The molecule has 4 nitrogen and oxygen atoms in total. The molecule has 0 atom stereocenters. The smallest absolute Gasteiger partial charge is 0.127 e. The number of hydrogen-bond acceptors (Lipinski definition) is 3. The molecule has 1 aromatic rings. The van der Waals surface area contributed by atoms with Crippen molar-refractivity contribution >= 4 is 5.71 Å². The van der Waals surface area contributed by atoms with Crippen LogP contribution in [0.1, 0.15) is 23.7 Å². The Labute approximate surface area is 76.8 Å². The molecule has 0 fully saturated rings. The number of hydrogen-bond donors (Lipinski definition) is 1. The second kappa shape index (κ2) is 3.76. The number of aromatic amines is 1. The summed E-state index contributed by atoms with van der Waals surface area (Å²) >= 11 is 0. The summed E-state index contributed by atoms with van der Waals surface area (Å²) in [7, 11) is 1.48. The van der Waals surface area contributed by atoms with E-state index in [0.29, 0.717) is 11.4 Å². The maximum absolute atomic E-state index is 8.77. The fourth-order valence-corrected chi connectivity index (χ4v) is 1.26. The molecule has 0 saturated heterocycles. The summed E-state index contributed by atoms with van der Waals surface area (Å²) in [5.41, 5.74) is 3.05. The van der Waals surface area contributed by atoms with E-state index in [1.165, 1.54) is 7.11 Å². The first kappa shape index (κ1) is 9.33. The van der Waals surface area contributed by atoms with Gasteiger partial charge in [-0.05, 0) is 19.4 Å². The van der Waals surface area contributed by atoms with Crippen molar-refractivity contribution in [3.05, 3.63) is 23.0 Å². The molecule has 4 heteroatoms. The minimum absolute atomic E-state index is 0.524. The SMILES string of the molecule is CON=C(C)c1c(C)c[nH]c1C#N. The van der Waals surface area contributed by atoms with Crippen LogP contribution in [-0.2, 0) is 4.84 Å². The lowest BCUT2D eigenvalue weighted by Crippen LogP contribution is -1.98. The lowest BCUT2D eigenvalue weighted by Gasteiger charge is -1.98. The van der Waals surface area contributed by atoms with Gasteiger partial charge in [-0.3, -0.25) is 0 Å². The summed E-state index contributed by atoms with van der Waals surface area (Å²) in [6.07, 6.45) is 1.78. The van der Waals surface area contributed by atoms with Crippen LogP contribution in [0.15, 0.2) is 11.4 Å². The molecule has 0 aliphatic heterocycles. The van der Waals surface area contributed by atoms with Crippen LogP contribution in [0.4, 0.5) is 0 Å². The van der Waals surface area contributed by atoms with Gasteiger partial charge in [-0.2, -0.15) is 5.26 Å². The zero-order valence-corrected chi connectivity index (χ0v) is 7.88. The fraction of sp³-hybridized carbons (Fsp3) is 0.333. The maximum Gasteiger partial charge on any atom is 0.127 e. The summed E-state index contributed by atoms with van der Waals surface area (Å²) in [5.74, 6) is 0. The highest BCUT2D eigenvalue weighted by molar-refractivity contribution is 6.01. The number of aromatic nitrogens is 1. The van der Waals surface area contributed by atoms with Crippen molar-refractivity contribution in [2.24, 2.45) is 5.16 Å². The zero-order chi connectivity index (χ0) is 9.84. The number of rotatable bonds is 2. The lowest BCUT2D eigenvalue weighted by molar-refractivity contribution is 0.213. The normalized spacial score (nSPS) is 11.1. The van der Waals surface area contributed by atoms with Gasteiger partial charge in [0, 0.05) is 11.8 Å². The summed E-state index contributed by atoms with van der Waals surface area (Å²) < 4.78 is 0. The number of nitrogens with zero attached hydrogens (tertiary/aromatic N) is 2. The Morgan fingerprint density at radius 3 is 2.92 bits per heavy atom. The molecular formula is C9H11N3O. The Hall–Kier alpha value is -1.76. The summed E-state index contributed by atoms with van der Waals surface area (Å²) in [4.78, 5) is 7.51. The van der Waals surface area contributed by atoms with Crippen molar-refractivity contribution in [3.8, 4) is 6.07 Å². The van der Waals surface area contributed by atoms with Crippen LogP contribution in [0.5, 0.6) is 0 Å². The highest BCUT2D eigenvalue weighted by atomic mass is 16.6. The minimum Gasteiger partial charge on any atom is -0.399 e. The molecule has 0 aliphatic carbocycles.